The van der Waals surface area contributed by atoms with Crippen molar-refractivity contribution in [2.24, 2.45) is 0 Å². The average molecular weight is 213 g/mol. The van der Waals surface area contributed by atoms with Gasteiger partial charge < -0.3 is 10.2 Å². The summed E-state index contributed by atoms with van der Waals surface area (Å²) in [5.41, 5.74) is -1.56. The molecule has 12 heavy (non-hydrogen) atoms. The summed E-state index contributed by atoms with van der Waals surface area (Å²) in [7, 11) is 0. The van der Waals surface area contributed by atoms with Crippen molar-refractivity contribution < 1.29 is 10.2 Å². The molecule has 0 aliphatic heterocycles. The lowest BCUT2D eigenvalue weighted by Crippen LogP contribution is -2.44. The van der Waals surface area contributed by atoms with Crippen LogP contribution in [0.25, 0.3) is 0 Å². The van der Waals surface area contributed by atoms with Gasteiger partial charge in [-0.15, -0.1) is 23.2 Å². The third-order valence-corrected chi connectivity index (χ3v) is 3.60. The predicted molar refractivity (Wildman–Crippen MR) is 49.8 cm³/mol. The molecule has 0 bridgehead atoms. The second-order valence-corrected chi connectivity index (χ2v) is 4.25. The van der Waals surface area contributed by atoms with Gasteiger partial charge in [-0.1, -0.05) is 0 Å². The molecule has 0 spiro atoms. The van der Waals surface area contributed by atoms with Gasteiger partial charge in [0.25, 0.3) is 0 Å². The molecule has 0 amide bonds. The minimum Gasteiger partial charge on any atom is -0.389 e. The monoisotopic (exact) mass is 212 g/mol. The van der Waals surface area contributed by atoms with Crippen LogP contribution < -0.4 is 0 Å². The van der Waals surface area contributed by atoms with Gasteiger partial charge >= 0.3 is 0 Å². The van der Waals surface area contributed by atoms with E-state index in [1.54, 1.807) is 0 Å². The molecular formula is C8H14Cl2O2. The third-order valence-electron chi connectivity index (χ3n) is 2.61. The largest absolute Gasteiger partial charge is 0.389 e. The smallest absolute Gasteiger partial charge is 0.0784 e. The van der Waals surface area contributed by atoms with Crippen molar-refractivity contribution in [3.8, 4) is 0 Å². The molecule has 2 nitrogen and oxygen atoms in total. The summed E-state index contributed by atoms with van der Waals surface area (Å²) in [6.45, 7) is 0. The highest BCUT2D eigenvalue weighted by molar-refractivity contribution is 6.19. The van der Waals surface area contributed by atoms with E-state index in [-0.39, 0.29) is 11.8 Å². The minimum atomic E-state index is -0.778. The molecule has 0 unspecified atom stereocenters. The Hall–Kier alpha value is 0.500. The van der Waals surface area contributed by atoms with Gasteiger partial charge in [0.15, 0.2) is 0 Å². The van der Waals surface area contributed by atoms with E-state index in [0.717, 1.165) is 0 Å². The van der Waals surface area contributed by atoms with Crippen molar-refractivity contribution in [1.82, 2.24) is 0 Å². The molecule has 0 heterocycles. The Bertz CT molecular complexity index is 135. The zero-order chi connectivity index (χ0) is 9.24. The summed E-state index contributed by atoms with van der Waals surface area (Å²) in [5.74, 6) is 0.483. The van der Waals surface area contributed by atoms with E-state index in [4.69, 9.17) is 23.2 Å². The van der Waals surface area contributed by atoms with Crippen molar-refractivity contribution in [3.63, 3.8) is 0 Å². The molecule has 1 aliphatic rings. The maximum absolute atomic E-state index is 9.72. The lowest BCUT2D eigenvalue weighted by Gasteiger charge is -2.39. The standard InChI is InChI=1S/C8H14Cl2O2/c9-5-7(11)1-2-8(12,6-10)4-3-7/h11-12H,1-6H2. The molecule has 1 rings (SSSR count). The van der Waals surface area contributed by atoms with Crippen LogP contribution in [0, 0.1) is 0 Å². The Morgan fingerprint density at radius 3 is 1.25 bits per heavy atom. The van der Waals surface area contributed by atoms with Gasteiger partial charge in [0.2, 0.25) is 0 Å². The third kappa shape index (κ3) is 2.25. The zero-order valence-corrected chi connectivity index (χ0v) is 8.40. The number of hydrogen-bond acceptors (Lipinski definition) is 2. The van der Waals surface area contributed by atoms with Crippen molar-refractivity contribution in [1.29, 1.82) is 0 Å². The van der Waals surface area contributed by atoms with Crippen LogP contribution in [0.4, 0.5) is 0 Å². The van der Waals surface area contributed by atoms with Gasteiger partial charge in [-0.2, -0.15) is 0 Å². The first-order chi connectivity index (χ1) is 5.54. The van der Waals surface area contributed by atoms with Crippen LogP contribution in [0.1, 0.15) is 25.7 Å². The first kappa shape index (κ1) is 10.6. The van der Waals surface area contributed by atoms with Crippen LogP contribution in [0.2, 0.25) is 0 Å². The fourth-order valence-electron chi connectivity index (χ4n) is 1.45. The number of hydrogen-bond donors (Lipinski definition) is 2. The highest BCUT2D eigenvalue weighted by Gasteiger charge is 2.39. The van der Waals surface area contributed by atoms with Crippen LogP contribution in [-0.2, 0) is 0 Å². The van der Waals surface area contributed by atoms with Crippen LogP contribution in [0.15, 0.2) is 0 Å². The Kier molecular flexibility index (Phi) is 3.27. The summed E-state index contributed by atoms with van der Waals surface area (Å²) in [5, 5.41) is 19.4. The summed E-state index contributed by atoms with van der Waals surface area (Å²) in [6, 6.07) is 0. The second kappa shape index (κ2) is 3.70. The van der Waals surface area contributed by atoms with E-state index in [1.165, 1.54) is 0 Å². The van der Waals surface area contributed by atoms with E-state index in [0.29, 0.717) is 25.7 Å². The molecule has 1 saturated carbocycles. The zero-order valence-electron chi connectivity index (χ0n) is 6.89. The Morgan fingerprint density at radius 1 is 0.833 bits per heavy atom. The van der Waals surface area contributed by atoms with Crippen LogP contribution >= 0.6 is 23.2 Å². The molecule has 0 aromatic rings. The van der Waals surface area contributed by atoms with Gasteiger partial charge in [0.1, 0.15) is 0 Å². The number of alkyl halides is 2. The summed E-state index contributed by atoms with van der Waals surface area (Å²) in [4.78, 5) is 0. The molecule has 0 saturated heterocycles. The Morgan fingerprint density at radius 2 is 1.08 bits per heavy atom. The van der Waals surface area contributed by atoms with Gasteiger partial charge in [-0.25, -0.2) is 0 Å². The molecule has 0 radical (unpaired) electrons. The second-order valence-electron chi connectivity index (χ2n) is 3.72. The van der Waals surface area contributed by atoms with Gasteiger partial charge in [0, 0.05) is 0 Å². The van der Waals surface area contributed by atoms with E-state index in [9.17, 15) is 10.2 Å². The Balaban J connectivity index is 2.49. The molecular weight excluding hydrogens is 199 g/mol. The van der Waals surface area contributed by atoms with Crippen molar-refractivity contribution in [3.05, 3.63) is 0 Å². The van der Waals surface area contributed by atoms with Crippen LogP contribution in [0.5, 0.6) is 0 Å². The number of aliphatic hydroxyl groups is 2. The molecule has 0 aromatic heterocycles. The molecule has 1 aliphatic carbocycles. The van der Waals surface area contributed by atoms with E-state index < -0.39 is 11.2 Å². The molecule has 72 valence electrons. The molecule has 2 N–H and O–H groups in total. The molecule has 1 fully saturated rings. The van der Waals surface area contributed by atoms with Crippen molar-refractivity contribution in [2.45, 2.75) is 36.9 Å². The molecule has 0 aromatic carbocycles. The maximum atomic E-state index is 9.72. The van der Waals surface area contributed by atoms with Crippen molar-refractivity contribution in [2.75, 3.05) is 11.8 Å². The molecule has 4 heteroatoms. The quantitative estimate of drug-likeness (QED) is 0.682. The highest BCUT2D eigenvalue weighted by atomic mass is 35.5. The number of halogens is 2. The summed E-state index contributed by atoms with van der Waals surface area (Å²) < 4.78 is 0. The summed E-state index contributed by atoms with van der Waals surface area (Å²) in [6.07, 6.45) is 2.17. The number of rotatable bonds is 2. The van der Waals surface area contributed by atoms with E-state index in [2.05, 4.69) is 0 Å². The summed E-state index contributed by atoms with van der Waals surface area (Å²) >= 11 is 11.2. The normalized spacial score (nSPS) is 43.0. The topological polar surface area (TPSA) is 40.5 Å². The lowest BCUT2D eigenvalue weighted by atomic mass is 9.78. The van der Waals surface area contributed by atoms with Gasteiger partial charge in [0.05, 0.1) is 23.0 Å². The SMILES string of the molecule is OC1(CCl)CCC(O)(CCl)CC1. The van der Waals surface area contributed by atoms with E-state index in [1.807, 2.05) is 0 Å². The van der Waals surface area contributed by atoms with Crippen LogP contribution in [-0.4, -0.2) is 33.2 Å². The van der Waals surface area contributed by atoms with Crippen molar-refractivity contribution >= 4 is 23.2 Å². The first-order valence-corrected chi connectivity index (χ1v) is 5.17. The fraction of sp³-hybridized carbons (Fsp3) is 1.00. The Labute approximate surface area is 82.5 Å². The molecule has 0 atom stereocenters. The fourth-order valence-corrected chi connectivity index (χ4v) is 1.98. The predicted octanol–water partition coefficient (Wildman–Crippen LogP) is 1.50. The first-order valence-electron chi connectivity index (χ1n) is 4.10. The van der Waals surface area contributed by atoms with E-state index >= 15 is 0 Å². The van der Waals surface area contributed by atoms with Crippen LogP contribution in [0.3, 0.4) is 0 Å². The average Bonchev–Trinajstić information content (AvgIpc) is 2.11. The minimum absolute atomic E-state index is 0.241. The lowest BCUT2D eigenvalue weighted by molar-refractivity contribution is -0.0585. The maximum Gasteiger partial charge on any atom is 0.0784 e. The highest BCUT2D eigenvalue weighted by Crippen LogP contribution is 2.36. The van der Waals surface area contributed by atoms with Gasteiger partial charge in [-0.05, 0) is 25.7 Å². The van der Waals surface area contributed by atoms with Gasteiger partial charge in [-0.3, -0.25) is 0 Å².